The number of amides is 1. The maximum Gasteiger partial charge on any atom is 0.223 e. The van der Waals surface area contributed by atoms with Crippen LogP contribution in [0.5, 0.6) is 0 Å². The summed E-state index contributed by atoms with van der Waals surface area (Å²) in [5.41, 5.74) is 0. The highest BCUT2D eigenvalue weighted by Gasteiger charge is 2.47. The number of hydrogen-bond donors (Lipinski definition) is 0. The minimum atomic E-state index is -2.97. The summed E-state index contributed by atoms with van der Waals surface area (Å²) in [7, 11) is -2.97. The molecule has 2 atom stereocenters. The van der Waals surface area contributed by atoms with Gasteiger partial charge in [-0.3, -0.25) is 4.79 Å². The third-order valence-corrected chi connectivity index (χ3v) is 9.36. The van der Waals surface area contributed by atoms with Gasteiger partial charge in [0, 0.05) is 19.0 Å². The number of sulfone groups is 1. The fourth-order valence-electron chi connectivity index (χ4n) is 5.31. The Morgan fingerprint density at radius 2 is 1.57 bits per heavy atom. The van der Waals surface area contributed by atoms with E-state index in [4.69, 9.17) is 0 Å². The summed E-state index contributed by atoms with van der Waals surface area (Å²) in [4.78, 5) is 14.9. The summed E-state index contributed by atoms with van der Waals surface area (Å²) in [6.45, 7) is 0.435. The Morgan fingerprint density at radius 3 is 2.13 bits per heavy atom. The third kappa shape index (κ3) is 2.83. The van der Waals surface area contributed by atoms with Crippen LogP contribution in [-0.4, -0.2) is 42.8 Å². The summed E-state index contributed by atoms with van der Waals surface area (Å²) >= 11 is 0. The van der Waals surface area contributed by atoms with E-state index in [0.717, 1.165) is 31.1 Å². The Balaban J connectivity index is 1.45. The van der Waals surface area contributed by atoms with Crippen molar-refractivity contribution < 1.29 is 13.2 Å². The van der Waals surface area contributed by atoms with E-state index in [2.05, 4.69) is 0 Å². The lowest BCUT2D eigenvalue weighted by Crippen LogP contribution is -2.55. The Bertz CT molecular complexity index is 551. The molecular formula is C18H29NO3S. The normalized spacial score (nSPS) is 34.0. The van der Waals surface area contributed by atoms with Crippen LogP contribution >= 0.6 is 0 Å². The van der Waals surface area contributed by atoms with Gasteiger partial charge in [0.1, 0.15) is 0 Å². The number of carbonyl (C=O) groups is 1. The van der Waals surface area contributed by atoms with E-state index in [-0.39, 0.29) is 23.0 Å². The number of nitrogens with zero attached hydrogens (tertiary/aromatic N) is 1. The smallest absolute Gasteiger partial charge is 0.223 e. The largest absolute Gasteiger partial charge is 0.337 e. The SMILES string of the molecule is O=C(CC(C1CCC1)C1CCC1)N1CCS(=O)(=O)C2CCCC21. The van der Waals surface area contributed by atoms with Crippen molar-refractivity contribution in [3.63, 3.8) is 0 Å². The second kappa shape index (κ2) is 6.05. The quantitative estimate of drug-likeness (QED) is 0.791. The number of fused-ring (bicyclic) bond motifs is 1. The number of rotatable bonds is 4. The van der Waals surface area contributed by atoms with Crippen LogP contribution in [0.3, 0.4) is 0 Å². The van der Waals surface area contributed by atoms with Crippen molar-refractivity contribution in [1.82, 2.24) is 4.90 Å². The monoisotopic (exact) mass is 339 g/mol. The predicted molar refractivity (Wildman–Crippen MR) is 89.7 cm³/mol. The Kier molecular flexibility index (Phi) is 4.19. The summed E-state index contributed by atoms with van der Waals surface area (Å²) < 4.78 is 24.5. The average molecular weight is 340 g/mol. The van der Waals surface area contributed by atoms with Crippen molar-refractivity contribution in [2.24, 2.45) is 17.8 Å². The molecule has 1 heterocycles. The van der Waals surface area contributed by atoms with Crippen LogP contribution in [-0.2, 0) is 14.6 Å². The van der Waals surface area contributed by atoms with E-state index in [1.165, 1.54) is 38.5 Å². The van der Waals surface area contributed by atoms with Crippen LogP contribution in [0.2, 0.25) is 0 Å². The molecule has 4 aliphatic rings. The van der Waals surface area contributed by atoms with Crippen LogP contribution < -0.4 is 0 Å². The van der Waals surface area contributed by atoms with Gasteiger partial charge < -0.3 is 4.90 Å². The van der Waals surface area contributed by atoms with Crippen LogP contribution in [0.15, 0.2) is 0 Å². The van der Waals surface area contributed by atoms with Gasteiger partial charge in [0.2, 0.25) is 5.91 Å². The van der Waals surface area contributed by atoms with E-state index in [1.54, 1.807) is 0 Å². The van der Waals surface area contributed by atoms with Crippen LogP contribution in [0.25, 0.3) is 0 Å². The molecule has 5 heteroatoms. The third-order valence-electron chi connectivity index (χ3n) is 7.14. The molecule has 3 aliphatic carbocycles. The average Bonchev–Trinajstić information content (AvgIpc) is 2.84. The van der Waals surface area contributed by atoms with E-state index in [1.807, 2.05) is 4.90 Å². The predicted octanol–water partition coefficient (Wildman–Crippen LogP) is 2.77. The lowest BCUT2D eigenvalue weighted by Gasteiger charge is -2.44. The van der Waals surface area contributed by atoms with Gasteiger partial charge in [-0.25, -0.2) is 8.42 Å². The Labute approximate surface area is 139 Å². The second-order valence-corrected chi connectivity index (χ2v) is 10.6. The fourth-order valence-corrected chi connectivity index (χ4v) is 7.35. The first-order chi connectivity index (χ1) is 11.1. The summed E-state index contributed by atoms with van der Waals surface area (Å²) in [6, 6.07) is -0.0234. The van der Waals surface area contributed by atoms with Crippen molar-refractivity contribution in [1.29, 1.82) is 0 Å². The minimum absolute atomic E-state index is 0.0234. The molecule has 0 aromatic rings. The van der Waals surface area contributed by atoms with Crippen molar-refractivity contribution >= 4 is 15.7 Å². The molecule has 3 saturated carbocycles. The van der Waals surface area contributed by atoms with Gasteiger partial charge in [-0.15, -0.1) is 0 Å². The van der Waals surface area contributed by atoms with E-state index in [0.29, 0.717) is 18.9 Å². The van der Waals surface area contributed by atoms with Gasteiger partial charge in [0.15, 0.2) is 9.84 Å². The van der Waals surface area contributed by atoms with Gasteiger partial charge >= 0.3 is 0 Å². The maximum absolute atomic E-state index is 13.0. The summed E-state index contributed by atoms with van der Waals surface area (Å²) in [5, 5.41) is -0.272. The van der Waals surface area contributed by atoms with Gasteiger partial charge in [0.05, 0.1) is 11.0 Å². The topological polar surface area (TPSA) is 54.5 Å². The van der Waals surface area contributed by atoms with Crippen molar-refractivity contribution in [2.45, 2.75) is 75.5 Å². The lowest BCUT2D eigenvalue weighted by molar-refractivity contribution is -0.136. The first-order valence-corrected chi connectivity index (χ1v) is 11.3. The Morgan fingerprint density at radius 1 is 0.957 bits per heavy atom. The zero-order valence-electron chi connectivity index (χ0n) is 14.0. The molecule has 4 fully saturated rings. The molecule has 0 radical (unpaired) electrons. The van der Waals surface area contributed by atoms with E-state index < -0.39 is 9.84 Å². The number of hydrogen-bond acceptors (Lipinski definition) is 3. The summed E-state index contributed by atoms with van der Waals surface area (Å²) in [5.74, 6) is 2.52. The second-order valence-electron chi connectivity index (χ2n) is 8.24. The van der Waals surface area contributed by atoms with Gasteiger partial charge in [-0.05, 0) is 37.0 Å². The van der Waals surface area contributed by atoms with Gasteiger partial charge in [-0.1, -0.05) is 38.5 Å². The highest BCUT2D eigenvalue weighted by atomic mass is 32.2. The molecule has 0 spiro atoms. The van der Waals surface area contributed by atoms with Crippen molar-refractivity contribution in [3.8, 4) is 0 Å². The molecule has 23 heavy (non-hydrogen) atoms. The molecule has 1 saturated heterocycles. The molecule has 4 nitrogen and oxygen atoms in total. The Hall–Kier alpha value is -0.580. The van der Waals surface area contributed by atoms with E-state index in [9.17, 15) is 13.2 Å². The van der Waals surface area contributed by atoms with Crippen LogP contribution in [0, 0.1) is 17.8 Å². The zero-order valence-corrected chi connectivity index (χ0v) is 14.8. The molecule has 0 bridgehead atoms. The zero-order chi connectivity index (χ0) is 16.0. The molecule has 4 rings (SSSR count). The molecule has 2 unspecified atom stereocenters. The molecule has 0 aromatic heterocycles. The molecule has 130 valence electrons. The molecule has 0 aromatic carbocycles. The van der Waals surface area contributed by atoms with Crippen molar-refractivity contribution in [2.75, 3.05) is 12.3 Å². The molecular weight excluding hydrogens is 310 g/mol. The number of carbonyl (C=O) groups excluding carboxylic acids is 1. The fraction of sp³-hybridized carbons (Fsp3) is 0.944. The maximum atomic E-state index is 13.0. The molecule has 0 N–H and O–H groups in total. The standard InChI is InChI=1S/C18H29NO3S/c20-18(12-15(13-4-1-5-13)14-6-2-7-14)19-10-11-23(21,22)17-9-3-8-16(17)19/h13-17H,1-12H2. The summed E-state index contributed by atoms with van der Waals surface area (Å²) in [6.07, 6.45) is 11.1. The van der Waals surface area contributed by atoms with Gasteiger partial charge in [-0.2, -0.15) is 0 Å². The minimum Gasteiger partial charge on any atom is -0.337 e. The first-order valence-electron chi connectivity index (χ1n) is 9.57. The van der Waals surface area contributed by atoms with Crippen LogP contribution in [0.4, 0.5) is 0 Å². The van der Waals surface area contributed by atoms with E-state index >= 15 is 0 Å². The van der Waals surface area contributed by atoms with Gasteiger partial charge in [0.25, 0.3) is 0 Å². The van der Waals surface area contributed by atoms with Crippen molar-refractivity contribution in [3.05, 3.63) is 0 Å². The first kappa shape index (κ1) is 15.9. The lowest BCUT2D eigenvalue weighted by atomic mass is 9.63. The highest BCUT2D eigenvalue weighted by Crippen LogP contribution is 2.46. The molecule has 1 amide bonds. The molecule has 1 aliphatic heterocycles. The highest BCUT2D eigenvalue weighted by molar-refractivity contribution is 7.92. The van der Waals surface area contributed by atoms with Crippen LogP contribution in [0.1, 0.15) is 64.2 Å².